The molecule has 0 aromatic heterocycles. The number of thiocarbonyl (C=S) groups is 1. The molecule has 0 unspecified atom stereocenters. The average Bonchev–Trinajstić information content (AvgIpc) is 2.79. The summed E-state index contributed by atoms with van der Waals surface area (Å²) in [5, 5.41) is 0.255. The van der Waals surface area contributed by atoms with Gasteiger partial charge in [0.15, 0.2) is 5.11 Å². The molecule has 1 aromatic rings. The zero-order valence-corrected chi connectivity index (χ0v) is 14.1. The number of terminal acetylenes is 1. The molecule has 1 aromatic carbocycles. The van der Waals surface area contributed by atoms with Gasteiger partial charge in [-0.2, -0.15) is 0 Å². The van der Waals surface area contributed by atoms with Gasteiger partial charge in [-0.15, -0.1) is 6.42 Å². The minimum Gasteiger partial charge on any atom is -0.481 e. The number of carbonyl (C=O) groups is 2. The second-order valence-electron chi connectivity index (χ2n) is 4.90. The predicted octanol–water partition coefficient (Wildman–Crippen LogP) is 1.27. The number of rotatable bonds is 5. The maximum atomic E-state index is 12.5. The fraction of sp³-hybridized carbons (Fsp3) is 0.235. The van der Waals surface area contributed by atoms with Gasteiger partial charge in [-0.1, -0.05) is 18.1 Å². The van der Waals surface area contributed by atoms with E-state index in [2.05, 4.69) is 10.7 Å². The third-order valence-corrected chi connectivity index (χ3v) is 3.86. The van der Waals surface area contributed by atoms with Crippen LogP contribution in [0.4, 0.5) is 0 Å². The van der Waals surface area contributed by atoms with Gasteiger partial charge in [-0.3, -0.25) is 14.5 Å². The van der Waals surface area contributed by atoms with E-state index in [1.807, 2.05) is 0 Å². The number of ether oxygens (including phenoxy) is 2. The highest BCUT2D eigenvalue weighted by Crippen LogP contribution is 2.23. The molecule has 0 N–H and O–H groups in total. The Morgan fingerprint density at radius 1 is 1.38 bits per heavy atom. The summed E-state index contributed by atoms with van der Waals surface area (Å²) >= 11 is 5.21. The number of esters is 1. The SMILES string of the molecule is C#CCOc1ccc(/C=C2/C(=O)N(CC(=O)OC)C(=S)N2C)cc1. The molecule has 0 atom stereocenters. The molecule has 0 spiro atoms. The minimum atomic E-state index is -0.532. The van der Waals surface area contributed by atoms with Crippen molar-refractivity contribution in [1.29, 1.82) is 0 Å². The van der Waals surface area contributed by atoms with Crippen molar-refractivity contribution in [2.45, 2.75) is 0 Å². The molecular formula is C17H16N2O4S. The van der Waals surface area contributed by atoms with E-state index in [-0.39, 0.29) is 24.2 Å². The summed E-state index contributed by atoms with van der Waals surface area (Å²) in [5.41, 5.74) is 1.17. The highest BCUT2D eigenvalue weighted by molar-refractivity contribution is 7.80. The summed E-state index contributed by atoms with van der Waals surface area (Å²) in [4.78, 5) is 26.6. The fourth-order valence-corrected chi connectivity index (χ4v) is 2.33. The summed E-state index contributed by atoms with van der Waals surface area (Å²) in [7, 11) is 2.93. The van der Waals surface area contributed by atoms with Gasteiger partial charge < -0.3 is 14.4 Å². The third-order valence-electron chi connectivity index (χ3n) is 3.36. The van der Waals surface area contributed by atoms with Gasteiger partial charge in [0.05, 0.1) is 7.11 Å². The zero-order chi connectivity index (χ0) is 17.7. The number of amides is 1. The lowest BCUT2D eigenvalue weighted by Gasteiger charge is -2.14. The fourth-order valence-electron chi connectivity index (χ4n) is 2.09. The first-order valence-corrected chi connectivity index (χ1v) is 7.43. The van der Waals surface area contributed by atoms with Crippen molar-refractivity contribution in [2.75, 3.05) is 27.3 Å². The lowest BCUT2D eigenvalue weighted by atomic mass is 10.2. The topological polar surface area (TPSA) is 59.1 Å². The number of carbonyl (C=O) groups excluding carboxylic acids is 2. The first kappa shape index (κ1) is 17.5. The Labute approximate surface area is 145 Å². The van der Waals surface area contributed by atoms with Gasteiger partial charge in [-0.25, -0.2) is 0 Å². The molecule has 124 valence electrons. The molecule has 0 radical (unpaired) electrons. The van der Waals surface area contributed by atoms with Crippen LogP contribution in [0.3, 0.4) is 0 Å². The van der Waals surface area contributed by atoms with Crippen LogP contribution in [0.15, 0.2) is 30.0 Å². The normalized spacial score (nSPS) is 15.6. The smallest absolute Gasteiger partial charge is 0.325 e. The lowest BCUT2D eigenvalue weighted by molar-refractivity contribution is -0.143. The van der Waals surface area contributed by atoms with Crippen LogP contribution < -0.4 is 4.74 Å². The van der Waals surface area contributed by atoms with E-state index >= 15 is 0 Å². The molecule has 1 saturated heterocycles. The van der Waals surface area contributed by atoms with E-state index in [0.717, 1.165) is 5.56 Å². The zero-order valence-electron chi connectivity index (χ0n) is 13.3. The van der Waals surface area contributed by atoms with Crippen LogP contribution in [-0.2, 0) is 14.3 Å². The van der Waals surface area contributed by atoms with E-state index in [9.17, 15) is 9.59 Å². The van der Waals surface area contributed by atoms with E-state index in [1.54, 1.807) is 42.3 Å². The van der Waals surface area contributed by atoms with Gasteiger partial charge in [0, 0.05) is 7.05 Å². The average molecular weight is 344 g/mol. The summed E-state index contributed by atoms with van der Waals surface area (Å²) in [6, 6.07) is 7.11. The van der Waals surface area contributed by atoms with E-state index in [0.29, 0.717) is 11.4 Å². The number of nitrogens with zero attached hydrogens (tertiary/aromatic N) is 2. The molecule has 0 aliphatic carbocycles. The molecule has 1 aliphatic heterocycles. The molecule has 0 bridgehead atoms. The summed E-state index contributed by atoms with van der Waals surface area (Å²) in [5.74, 6) is 2.15. The van der Waals surface area contributed by atoms with E-state index in [1.165, 1.54) is 12.0 Å². The van der Waals surface area contributed by atoms with Crippen LogP contribution in [-0.4, -0.2) is 54.1 Å². The standard InChI is InChI=1S/C17H16N2O4S/c1-4-9-23-13-7-5-12(6-8-13)10-14-16(21)19(11-15(20)22-3)17(24)18(14)2/h1,5-8,10H,9,11H2,2-3H3/b14-10-. The number of hydrogen-bond acceptors (Lipinski definition) is 5. The van der Waals surface area contributed by atoms with Crippen molar-refractivity contribution in [1.82, 2.24) is 9.80 Å². The van der Waals surface area contributed by atoms with Gasteiger partial charge >= 0.3 is 5.97 Å². The number of methoxy groups -OCH3 is 1. The van der Waals surface area contributed by atoms with Crippen molar-refractivity contribution in [3.63, 3.8) is 0 Å². The maximum Gasteiger partial charge on any atom is 0.325 e. The summed E-state index contributed by atoms with van der Waals surface area (Å²) in [6.45, 7) is -0.0207. The molecular weight excluding hydrogens is 328 g/mol. The molecule has 1 fully saturated rings. The predicted molar refractivity (Wildman–Crippen MR) is 92.8 cm³/mol. The second-order valence-corrected chi connectivity index (χ2v) is 5.27. The quantitative estimate of drug-likeness (QED) is 0.347. The highest BCUT2D eigenvalue weighted by atomic mass is 32.1. The van der Waals surface area contributed by atoms with E-state index in [4.69, 9.17) is 23.4 Å². The van der Waals surface area contributed by atoms with Crippen LogP contribution in [0, 0.1) is 12.3 Å². The first-order valence-electron chi connectivity index (χ1n) is 7.02. The molecule has 0 saturated carbocycles. The molecule has 2 rings (SSSR count). The van der Waals surface area contributed by atoms with Crippen molar-refractivity contribution >= 4 is 35.3 Å². The highest BCUT2D eigenvalue weighted by Gasteiger charge is 2.36. The number of likely N-dealkylation sites (N-methyl/N-ethyl adjacent to an activating group) is 1. The van der Waals surface area contributed by atoms with Crippen LogP contribution >= 0.6 is 12.2 Å². The molecule has 7 heteroatoms. The Morgan fingerprint density at radius 3 is 2.62 bits per heavy atom. The monoisotopic (exact) mass is 344 g/mol. The van der Waals surface area contributed by atoms with E-state index < -0.39 is 5.97 Å². The minimum absolute atomic E-state index is 0.193. The van der Waals surface area contributed by atoms with Gasteiger partial charge in [0.25, 0.3) is 5.91 Å². The van der Waals surface area contributed by atoms with Crippen molar-refractivity contribution < 1.29 is 19.1 Å². The summed E-state index contributed by atoms with van der Waals surface area (Å²) < 4.78 is 9.88. The third kappa shape index (κ3) is 3.73. The maximum absolute atomic E-state index is 12.5. The molecule has 1 heterocycles. The lowest BCUT2D eigenvalue weighted by Crippen LogP contribution is -2.36. The summed E-state index contributed by atoms with van der Waals surface area (Å²) in [6.07, 6.45) is 6.83. The van der Waals surface area contributed by atoms with Gasteiger partial charge in [0.1, 0.15) is 24.6 Å². The van der Waals surface area contributed by atoms with Crippen LogP contribution in [0.2, 0.25) is 0 Å². The van der Waals surface area contributed by atoms with Crippen molar-refractivity contribution in [2.24, 2.45) is 0 Å². The molecule has 1 amide bonds. The number of benzene rings is 1. The van der Waals surface area contributed by atoms with Gasteiger partial charge in [-0.05, 0) is 36.0 Å². The van der Waals surface area contributed by atoms with Crippen LogP contribution in [0.5, 0.6) is 5.75 Å². The molecule has 24 heavy (non-hydrogen) atoms. The van der Waals surface area contributed by atoms with Crippen LogP contribution in [0.25, 0.3) is 6.08 Å². The van der Waals surface area contributed by atoms with Crippen LogP contribution in [0.1, 0.15) is 5.56 Å². The Balaban J connectivity index is 2.19. The largest absolute Gasteiger partial charge is 0.481 e. The van der Waals surface area contributed by atoms with Crippen molar-refractivity contribution in [3.05, 3.63) is 35.5 Å². The first-order chi connectivity index (χ1) is 11.5. The Bertz CT molecular complexity index is 734. The number of hydrogen-bond donors (Lipinski definition) is 0. The Kier molecular flexibility index (Phi) is 5.55. The van der Waals surface area contributed by atoms with Gasteiger partial charge in [0.2, 0.25) is 0 Å². The second kappa shape index (κ2) is 7.62. The van der Waals surface area contributed by atoms with Crippen molar-refractivity contribution in [3.8, 4) is 18.1 Å². The Hall–Kier alpha value is -2.85. The molecule has 6 nitrogen and oxygen atoms in total. The Morgan fingerprint density at radius 2 is 2.04 bits per heavy atom. The molecule has 1 aliphatic rings.